The molecule has 0 bridgehead atoms. The predicted molar refractivity (Wildman–Crippen MR) is 82.3 cm³/mol. The maximum absolute atomic E-state index is 12.2. The van der Waals surface area contributed by atoms with E-state index in [0.29, 0.717) is 18.7 Å². The van der Waals surface area contributed by atoms with Gasteiger partial charge in [-0.2, -0.15) is 0 Å². The molecule has 21 heavy (non-hydrogen) atoms. The number of sulfone groups is 1. The van der Waals surface area contributed by atoms with Crippen LogP contribution in [0.1, 0.15) is 13.3 Å². The summed E-state index contributed by atoms with van der Waals surface area (Å²) in [6.07, 6.45) is 2.22. The minimum atomic E-state index is -3.61. The topological polar surface area (TPSA) is 92.3 Å². The van der Waals surface area contributed by atoms with Crippen LogP contribution in [0, 0.1) is 0 Å². The maximum atomic E-state index is 12.2. The first-order valence-electron chi connectivity index (χ1n) is 6.60. The molecule has 1 aromatic carbocycles. The zero-order valence-corrected chi connectivity index (χ0v) is 13.2. The minimum absolute atomic E-state index is 0.0657. The number of para-hydroxylation sites is 1. The van der Waals surface area contributed by atoms with Gasteiger partial charge < -0.3 is 5.32 Å². The van der Waals surface area contributed by atoms with Crippen LogP contribution in [0.3, 0.4) is 0 Å². The summed E-state index contributed by atoms with van der Waals surface area (Å²) >= 11 is 0. The molecule has 1 aliphatic rings. The van der Waals surface area contributed by atoms with Crippen molar-refractivity contribution in [2.24, 2.45) is 0 Å². The van der Waals surface area contributed by atoms with Crippen LogP contribution in [0.5, 0.6) is 0 Å². The first-order valence-corrected chi connectivity index (χ1v) is 9.80. The molecule has 0 saturated heterocycles. The fraction of sp³-hybridized carbons (Fsp3) is 0.385. The summed E-state index contributed by atoms with van der Waals surface area (Å²) < 4.78 is 49.7. The van der Waals surface area contributed by atoms with Gasteiger partial charge in [0.1, 0.15) is 4.90 Å². The van der Waals surface area contributed by atoms with E-state index >= 15 is 0 Å². The van der Waals surface area contributed by atoms with Gasteiger partial charge in [-0.3, -0.25) is 0 Å². The molecule has 0 saturated carbocycles. The van der Waals surface area contributed by atoms with Gasteiger partial charge in [0, 0.05) is 12.0 Å². The highest BCUT2D eigenvalue weighted by atomic mass is 32.2. The van der Waals surface area contributed by atoms with Gasteiger partial charge in [0.05, 0.1) is 17.5 Å². The predicted octanol–water partition coefficient (Wildman–Crippen LogP) is 1.10. The van der Waals surface area contributed by atoms with E-state index in [9.17, 15) is 16.8 Å². The van der Waals surface area contributed by atoms with Gasteiger partial charge in [-0.1, -0.05) is 25.1 Å². The zero-order chi connectivity index (χ0) is 15.5. The molecule has 2 rings (SSSR count). The molecule has 1 aromatic rings. The van der Waals surface area contributed by atoms with Crippen LogP contribution in [-0.2, 0) is 19.9 Å². The summed E-state index contributed by atoms with van der Waals surface area (Å²) in [6.45, 7) is 2.23. The van der Waals surface area contributed by atoms with Gasteiger partial charge in [-0.15, -0.1) is 0 Å². The molecule has 0 aromatic heterocycles. The van der Waals surface area contributed by atoms with Gasteiger partial charge >= 0.3 is 0 Å². The molecule has 0 amide bonds. The average Bonchev–Trinajstić information content (AvgIpc) is 2.76. The Morgan fingerprint density at radius 1 is 1.29 bits per heavy atom. The smallest absolute Gasteiger partial charge is 0.242 e. The molecule has 6 nitrogen and oxygen atoms in total. The molecule has 1 heterocycles. The Labute approximate surface area is 125 Å². The van der Waals surface area contributed by atoms with Crippen molar-refractivity contribution in [3.8, 4) is 0 Å². The van der Waals surface area contributed by atoms with E-state index in [-0.39, 0.29) is 10.6 Å². The molecule has 1 atom stereocenters. The summed E-state index contributed by atoms with van der Waals surface area (Å²) in [4.78, 5) is 0.121. The maximum Gasteiger partial charge on any atom is 0.242 e. The van der Waals surface area contributed by atoms with Gasteiger partial charge in [0.2, 0.25) is 10.0 Å². The number of benzene rings is 1. The fourth-order valence-electron chi connectivity index (χ4n) is 2.00. The first kappa shape index (κ1) is 16.0. The Kier molecular flexibility index (Phi) is 4.70. The molecular formula is C13H18N2O4S2. The number of hydrogen-bond donors (Lipinski definition) is 2. The van der Waals surface area contributed by atoms with Crippen molar-refractivity contribution in [1.29, 1.82) is 0 Å². The van der Waals surface area contributed by atoms with Gasteiger partial charge in [-0.05, 0) is 18.6 Å². The monoisotopic (exact) mass is 330 g/mol. The second-order valence-corrected chi connectivity index (χ2v) is 8.47. The minimum Gasteiger partial charge on any atom is -0.377 e. The molecule has 1 aliphatic heterocycles. The lowest BCUT2D eigenvalue weighted by Crippen LogP contribution is -2.27. The molecular weight excluding hydrogens is 312 g/mol. The second-order valence-electron chi connectivity index (χ2n) is 4.80. The second kappa shape index (κ2) is 6.17. The Balaban J connectivity index is 2.24. The molecule has 0 radical (unpaired) electrons. The van der Waals surface area contributed by atoms with Crippen molar-refractivity contribution in [3.63, 3.8) is 0 Å². The van der Waals surface area contributed by atoms with Gasteiger partial charge in [0.15, 0.2) is 9.84 Å². The van der Waals surface area contributed by atoms with Crippen LogP contribution in [-0.4, -0.2) is 35.2 Å². The standard InChI is InChI=1S/C13H18N2O4S2/c1-2-8-14-21(18,19)13-6-4-3-5-12(13)15-11-7-9-20(16,17)10-11/h3-7,9,11,14-15H,2,8,10H2,1H3. The lowest BCUT2D eigenvalue weighted by atomic mass is 10.2. The van der Waals surface area contributed by atoms with Crippen LogP contribution < -0.4 is 10.0 Å². The highest BCUT2D eigenvalue weighted by Crippen LogP contribution is 2.23. The van der Waals surface area contributed by atoms with E-state index in [0.717, 1.165) is 5.41 Å². The quantitative estimate of drug-likeness (QED) is 0.815. The molecule has 0 fully saturated rings. The Morgan fingerprint density at radius 2 is 2.00 bits per heavy atom. The molecule has 0 aliphatic carbocycles. The highest BCUT2D eigenvalue weighted by molar-refractivity contribution is 7.94. The van der Waals surface area contributed by atoms with Crippen molar-refractivity contribution in [3.05, 3.63) is 35.7 Å². The number of nitrogens with one attached hydrogen (secondary N) is 2. The molecule has 2 N–H and O–H groups in total. The van der Waals surface area contributed by atoms with Gasteiger partial charge in [0.25, 0.3) is 0 Å². The zero-order valence-electron chi connectivity index (χ0n) is 11.6. The lowest BCUT2D eigenvalue weighted by molar-refractivity contribution is 0.581. The van der Waals surface area contributed by atoms with E-state index in [1.54, 1.807) is 18.2 Å². The summed E-state index contributed by atoms with van der Waals surface area (Å²) in [5.74, 6) is -0.0657. The fourth-order valence-corrected chi connectivity index (χ4v) is 4.54. The molecule has 1 unspecified atom stereocenters. The van der Waals surface area contributed by atoms with E-state index in [1.807, 2.05) is 6.92 Å². The number of sulfonamides is 1. The number of anilines is 1. The SMILES string of the molecule is CCCNS(=O)(=O)c1ccccc1NC1C=CS(=O)(=O)C1. The van der Waals surface area contributed by atoms with Crippen LogP contribution >= 0.6 is 0 Å². The normalized spacial score (nSPS) is 20.5. The molecule has 0 spiro atoms. The third kappa shape index (κ3) is 4.05. The third-order valence-corrected chi connectivity index (χ3v) is 5.90. The van der Waals surface area contributed by atoms with Crippen molar-refractivity contribution in [1.82, 2.24) is 4.72 Å². The Bertz CT molecular complexity index is 739. The summed E-state index contributed by atoms with van der Waals surface area (Å²) in [6, 6.07) is 6.03. The summed E-state index contributed by atoms with van der Waals surface area (Å²) in [5, 5.41) is 4.11. The van der Waals surface area contributed by atoms with Gasteiger partial charge in [-0.25, -0.2) is 21.6 Å². The van der Waals surface area contributed by atoms with Crippen LogP contribution in [0.15, 0.2) is 40.6 Å². The molecule has 8 heteroatoms. The summed E-state index contributed by atoms with van der Waals surface area (Å²) in [5.41, 5.74) is 0.396. The van der Waals surface area contributed by atoms with Crippen LogP contribution in [0.2, 0.25) is 0 Å². The van der Waals surface area contributed by atoms with E-state index in [1.165, 1.54) is 12.1 Å². The largest absolute Gasteiger partial charge is 0.377 e. The van der Waals surface area contributed by atoms with Crippen LogP contribution in [0.4, 0.5) is 5.69 Å². The average molecular weight is 330 g/mol. The summed E-state index contributed by atoms with van der Waals surface area (Å²) in [7, 11) is -6.80. The van der Waals surface area contributed by atoms with E-state index in [2.05, 4.69) is 10.0 Å². The number of hydrogen-bond acceptors (Lipinski definition) is 5. The van der Waals surface area contributed by atoms with E-state index in [4.69, 9.17) is 0 Å². The highest BCUT2D eigenvalue weighted by Gasteiger charge is 2.24. The van der Waals surface area contributed by atoms with E-state index < -0.39 is 25.9 Å². The van der Waals surface area contributed by atoms with Crippen molar-refractivity contribution >= 4 is 25.5 Å². The Morgan fingerprint density at radius 3 is 2.62 bits per heavy atom. The van der Waals surface area contributed by atoms with Crippen molar-refractivity contribution < 1.29 is 16.8 Å². The molecule has 116 valence electrons. The Hall–Kier alpha value is -1.38. The van der Waals surface area contributed by atoms with Crippen molar-refractivity contribution in [2.75, 3.05) is 17.6 Å². The van der Waals surface area contributed by atoms with Crippen LogP contribution in [0.25, 0.3) is 0 Å². The first-order chi connectivity index (χ1) is 9.84. The lowest BCUT2D eigenvalue weighted by Gasteiger charge is -2.16. The third-order valence-electron chi connectivity index (χ3n) is 2.99. The number of rotatable bonds is 6. The van der Waals surface area contributed by atoms with Crippen molar-refractivity contribution in [2.45, 2.75) is 24.3 Å².